The molecule has 4 nitrogen and oxygen atoms in total. The molecule has 0 radical (unpaired) electrons. The molecule has 0 saturated heterocycles. The van der Waals surface area contributed by atoms with E-state index < -0.39 is 17.6 Å². The third kappa shape index (κ3) is 1.89. The van der Waals surface area contributed by atoms with Crippen molar-refractivity contribution in [1.29, 1.82) is 0 Å². The second-order valence-electron chi connectivity index (χ2n) is 5.10. The van der Waals surface area contributed by atoms with Crippen molar-refractivity contribution in [3.8, 4) is 0 Å². The molecule has 18 heavy (non-hydrogen) atoms. The van der Waals surface area contributed by atoms with Crippen molar-refractivity contribution in [2.24, 2.45) is 0 Å². The van der Waals surface area contributed by atoms with Gasteiger partial charge in [0.1, 0.15) is 0 Å². The molecular weight excluding hydrogens is 245 g/mol. The van der Waals surface area contributed by atoms with Crippen LogP contribution in [0.2, 0.25) is 0 Å². The van der Waals surface area contributed by atoms with Gasteiger partial charge in [0.2, 0.25) is 0 Å². The van der Waals surface area contributed by atoms with Gasteiger partial charge in [0.05, 0.1) is 18.1 Å². The fourth-order valence-corrected chi connectivity index (χ4v) is 1.76. The van der Waals surface area contributed by atoms with Crippen molar-refractivity contribution in [2.75, 3.05) is 5.73 Å². The van der Waals surface area contributed by atoms with Crippen LogP contribution in [0.15, 0.2) is 12.4 Å². The van der Waals surface area contributed by atoms with Crippen LogP contribution < -0.4 is 5.73 Å². The minimum absolute atomic E-state index is 0.184. The summed E-state index contributed by atoms with van der Waals surface area (Å²) in [5, 5.41) is 3.77. The normalized spacial score (nSPS) is 13.2. The summed E-state index contributed by atoms with van der Waals surface area (Å²) in [5.41, 5.74) is 4.42. The van der Waals surface area contributed by atoms with Crippen LogP contribution >= 0.6 is 0 Å². The van der Waals surface area contributed by atoms with E-state index in [1.807, 2.05) is 20.8 Å². The molecule has 0 unspecified atom stereocenters. The number of hydrogen-bond acceptors (Lipinski definition) is 3. The Morgan fingerprint density at radius 2 is 1.78 bits per heavy atom. The summed E-state index contributed by atoms with van der Waals surface area (Å²) in [4.78, 5) is 3.96. The van der Waals surface area contributed by atoms with Crippen LogP contribution in [0.1, 0.15) is 32.0 Å². The number of hydrogen-bond donors (Lipinski definition) is 1. The molecule has 0 aliphatic rings. The van der Waals surface area contributed by atoms with E-state index in [2.05, 4.69) is 10.1 Å². The predicted octanol–water partition coefficient (Wildman–Crippen LogP) is 2.63. The predicted molar refractivity (Wildman–Crippen MR) is 61.1 cm³/mol. The summed E-state index contributed by atoms with van der Waals surface area (Å²) in [6.07, 6.45) is -2.14. The first-order valence-electron chi connectivity index (χ1n) is 5.32. The van der Waals surface area contributed by atoms with E-state index in [0.717, 1.165) is 10.7 Å². The number of fused-ring (bicyclic) bond motifs is 1. The molecule has 98 valence electrons. The van der Waals surface area contributed by atoms with Crippen LogP contribution in [0, 0.1) is 0 Å². The molecule has 2 rings (SSSR count). The average Bonchev–Trinajstić information content (AvgIpc) is 2.57. The Balaban J connectivity index is 2.82. The fourth-order valence-electron chi connectivity index (χ4n) is 1.76. The monoisotopic (exact) mass is 258 g/mol. The topological polar surface area (TPSA) is 56.2 Å². The Morgan fingerprint density at radius 3 is 2.28 bits per heavy atom. The summed E-state index contributed by atoms with van der Waals surface area (Å²) in [5.74, 6) is 0. The molecule has 2 heterocycles. The van der Waals surface area contributed by atoms with E-state index >= 15 is 0 Å². The number of nitrogens with zero attached hydrogens (tertiary/aromatic N) is 3. The van der Waals surface area contributed by atoms with Gasteiger partial charge < -0.3 is 5.73 Å². The van der Waals surface area contributed by atoms with Gasteiger partial charge in [0.25, 0.3) is 0 Å². The molecule has 0 aromatic carbocycles. The highest BCUT2D eigenvalue weighted by Crippen LogP contribution is 2.35. The molecule has 7 heteroatoms. The Labute approximate surface area is 102 Å². The number of anilines is 1. The molecule has 2 N–H and O–H groups in total. The van der Waals surface area contributed by atoms with Gasteiger partial charge in [-0.3, -0.25) is 0 Å². The lowest BCUT2D eigenvalue weighted by molar-refractivity contribution is -0.141. The molecule has 2 aromatic rings. The SMILES string of the molecule is CC(C)(C)c1cnn2c(C(F)(F)F)c(N)cnc12. The lowest BCUT2D eigenvalue weighted by Crippen LogP contribution is -2.17. The fraction of sp³-hybridized carbons (Fsp3) is 0.455. The van der Waals surface area contributed by atoms with E-state index in [4.69, 9.17) is 5.73 Å². The van der Waals surface area contributed by atoms with Crippen molar-refractivity contribution in [3.05, 3.63) is 23.7 Å². The third-order valence-electron chi connectivity index (χ3n) is 2.63. The zero-order chi connectivity index (χ0) is 13.7. The molecule has 0 aliphatic carbocycles. The molecule has 0 atom stereocenters. The van der Waals surface area contributed by atoms with Gasteiger partial charge in [0, 0.05) is 5.56 Å². The molecular formula is C11H13F3N4. The molecule has 0 fully saturated rings. The van der Waals surface area contributed by atoms with E-state index in [0.29, 0.717) is 5.56 Å². The lowest BCUT2D eigenvalue weighted by atomic mass is 9.89. The molecule has 0 amide bonds. The second-order valence-corrected chi connectivity index (χ2v) is 5.10. The van der Waals surface area contributed by atoms with Crippen molar-refractivity contribution in [3.63, 3.8) is 0 Å². The number of halogens is 3. The van der Waals surface area contributed by atoms with E-state index in [-0.39, 0.29) is 11.1 Å². The molecule has 0 aliphatic heterocycles. The first-order chi connectivity index (χ1) is 8.12. The van der Waals surface area contributed by atoms with E-state index in [1.165, 1.54) is 6.20 Å². The molecule has 0 spiro atoms. The third-order valence-corrected chi connectivity index (χ3v) is 2.63. The average molecular weight is 258 g/mol. The zero-order valence-corrected chi connectivity index (χ0v) is 10.2. The first-order valence-corrected chi connectivity index (χ1v) is 5.32. The maximum Gasteiger partial charge on any atom is 0.435 e. The van der Waals surface area contributed by atoms with Crippen LogP contribution in [-0.2, 0) is 11.6 Å². The maximum absolute atomic E-state index is 12.9. The van der Waals surface area contributed by atoms with Gasteiger partial charge >= 0.3 is 6.18 Å². The summed E-state index contributed by atoms with van der Waals surface area (Å²) in [6.45, 7) is 5.65. The van der Waals surface area contributed by atoms with Crippen LogP contribution in [0.5, 0.6) is 0 Å². The van der Waals surface area contributed by atoms with Crippen LogP contribution in [-0.4, -0.2) is 14.6 Å². The van der Waals surface area contributed by atoms with Crippen molar-refractivity contribution >= 4 is 11.3 Å². The molecule has 2 aromatic heterocycles. The summed E-state index contributed by atoms with van der Waals surface area (Å²) >= 11 is 0. The highest BCUT2D eigenvalue weighted by molar-refractivity contribution is 5.56. The Hall–Kier alpha value is -1.79. The Bertz CT molecular complexity index is 593. The maximum atomic E-state index is 12.9. The van der Waals surface area contributed by atoms with E-state index in [9.17, 15) is 13.2 Å². The zero-order valence-electron chi connectivity index (χ0n) is 10.2. The molecule has 0 saturated carbocycles. The highest BCUT2D eigenvalue weighted by Gasteiger charge is 2.37. The van der Waals surface area contributed by atoms with Crippen LogP contribution in [0.3, 0.4) is 0 Å². The van der Waals surface area contributed by atoms with Crippen molar-refractivity contribution < 1.29 is 13.2 Å². The lowest BCUT2D eigenvalue weighted by Gasteiger charge is -2.17. The van der Waals surface area contributed by atoms with Gasteiger partial charge in [-0.25, -0.2) is 9.50 Å². The minimum Gasteiger partial charge on any atom is -0.396 e. The Kier molecular flexibility index (Phi) is 2.53. The number of rotatable bonds is 0. The molecule has 0 bridgehead atoms. The highest BCUT2D eigenvalue weighted by atomic mass is 19.4. The minimum atomic E-state index is -4.56. The standard InChI is InChI=1S/C11H13F3N4/c1-10(2,3)6-4-17-18-8(11(12,13)14)7(15)5-16-9(6)18/h4-5H,15H2,1-3H3. The number of nitrogens with two attached hydrogens (primary N) is 1. The van der Waals surface area contributed by atoms with Gasteiger partial charge in [-0.2, -0.15) is 18.3 Å². The Morgan fingerprint density at radius 1 is 1.17 bits per heavy atom. The smallest absolute Gasteiger partial charge is 0.396 e. The van der Waals surface area contributed by atoms with Gasteiger partial charge in [-0.15, -0.1) is 0 Å². The van der Waals surface area contributed by atoms with Gasteiger partial charge in [-0.1, -0.05) is 20.8 Å². The van der Waals surface area contributed by atoms with Crippen molar-refractivity contribution in [2.45, 2.75) is 32.4 Å². The summed E-state index contributed by atoms with van der Waals surface area (Å²) in [7, 11) is 0. The number of alkyl halides is 3. The van der Waals surface area contributed by atoms with Gasteiger partial charge in [-0.05, 0) is 5.41 Å². The summed E-state index contributed by atoms with van der Waals surface area (Å²) in [6, 6.07) is 0. The largest absolute Gasteiger partial charge is 0.435 e. The summed E-state index contributed by atoms with van der Waals surface area (Å²) < 4.78 is 39.5. The first kappa shape index (κ1) is 12.7. The number of aromatic nitrogens is 3. The quantitative estimate of drug-likeness (QED) is 0.790. The van der Waals surface area contributed by atoms with Crippen molar-refractivity contribution in [1.82, 2.24) is 14.6 Å². The van der Waals surface area contributed by atoms with Crippen LogP contribution in [0.25, 0.3) is 5.65 Å². The number of nitrogen functional groups attached to an aromatic ring is 1. The van der Waals surface area contributed by atoms with E-state index in [1.54, 1.807) is 0 Å². The second kappa shape index (κ2) is 3.60. The van der Waals surface area contributed by atoms with Crippen LogP contribution in [0.4, 0.5) is 18.9 Å². The van der Waals surface area contributed by atoms with Gasteiger partial charge in [0.15, 0.2) is 11.3 Å².